The van der Waals surface area contributed by atoms with Crippen LogP contribution in [0, 0.1) is 0 Å². The summed E-state index contributed by atoms with van der Waals surface area (Å²) in [7, 11) is 0. The fourth-order valence-corrected chi connectivity index (χ4v) is 5.04. The van der Waals surface area contributed by atoms with E-state index in [1.807, 2.05) is 12.1 Å². The molecule has 7 nitrogen and oxygen atoms in total. The molecule has 7 heteroatoms. The van der Waals surface area contributed by atoms with Crippen molar-refractivity contribution in [2.75, 3.05) is 6.61 Å². The lowest BCUT2D eigenvalue weighted by Gasteiger charge is -2.44. The van der Waals surface area contributed by atoms with Crippen LogP contribution in [0.3, 0.4) is 0 Å². The Morgan fingerprint density at radius 2 is 1.66 bits per heavy atom. The molecule has 2 heterocycles. The third-order valence-corrected chi connectivity index (χ3v) is 7.30. The van der Waals surface area contributed by atoms with Gasteiger partial charge in [-0.25, -0.2) is 4.79 Å². The Hall–Kier alpha value is -2.51. The van der Waals surface area contributed by atoms with E-state index in [0.717, 1.165) is 51.4 Å². The van der Waals surface area contributed by atoms with Gasteiger partial charge in [-0.2, -0.15) is 0 Å². The van der Waals surface area contributed by atoms with E-state index in [9.17, 15) is 14.4 Å². The van der Waals surface area contributed by atoms with E-state index in [0.29, 0.717) is 24.2 Å². The van der Waals surface area contributed by atoms with E-state index in [1.54, 1.807) is 38.1 Å². The number of carbonyl (C=O) groups excluding carboxylic acids is 3. The van der Waals surface area contributed by atoms with Crippen LogP contribution in [0.1, 0.15) is 108 Å². The minimum Gasteiger partial charge on any atom is -0.457 e. The summed E-state index contributed by atoms with van der Waals surface area (Å²) in [6, 6.07) is 8.77. The fourth-order valence-electron chi connectivity index (χ4n) is 5.04. The number of amides is 1. The summed E-state index contributed by atoms with van der Waals surface area (Å²) in [5.41, 5.74) is -0.924. The number of fused-ring (bicyclic) bond motifs is 1. The van der Waals surface area contributed by atoms with Crippen molar-refractivity contribution < 1.29 is 28.6 Å². The molecule has 2 aliphatic rings. The molecule has 0 radical (unpaired) electrons. The molecule has 3 rings (SSSR count). The zero-order valence-electron chi connectivity index (χ0n) is 23.3. The Kier molecular flexibility index (Phi) is 11.5. The quantitative estimate of drug-likeness (QED) is 0.160. The number of esters is 1. The van der Waals surface area contributed by atoms with Crippen LogP contribution in [0.25, 0.3) is 0 Å². The molecular weight excluding hydrogens is 482 g/mol. The van der Waals surface area contributed by atoms with E-state index < -0.39 is 29.5 Å². The number of carbonyl (C=O) groups is 3. The van der Waals surface area contributed by atoms with Crippen molar-refractivity contribution in [3.8, 4) is 0 Å². The molecule has 2 aliphatic heterocycles. The van der Waals surface area contributed by atoms with Crippen LogP contribution in [0.4, 0.5) is 0 Å². The zero-order valence-corrected chi connectivity index (χ0v) is 23.3. The molecule has 1 aromatic carbocycles. The molecule has 38 heavy (non-hydrogen) atoms. The standard InChI is InChI=1S/C31H45NO6/c1-4-5-6-15-20-25(33)21-16-10-8-7-9-11-17-22-26-27-31(29(35)37-26,23-36-30(2,3)38-27)32-28(34)24-18-13-12-14-19-24/h11-14,17-19,26-27H,4-10,15-16,20-23H2,1-3H3,(H,32,34)/b17-11-/t26-,27+,31-/m1/s1. The smallest absolute Gasteiger partial charge is 0.337 e. The largest absolute Gasteiger partial charge is 0.457 e. The molecule has 2 saturated heterocycles. The number of rotatable bonds is 16. The van der Waals surface area contributed by atoms with Gasteiger partial charge in [-0.15, -0.1) is 0 Å². The first-order valence-corrected chi connectivity index (χ1v) is 14.3. The Balaban J connectivity index is 1.43. The van der Waals surface area contributed by atoms with Crippen LogP contribution < -0.4 is 5.32 Å². The first kappa shape index (κ1) is 30.0. The van der Waals surface area contributed by atoms with Gasteiger partial charge in [-0.3, -0.25) is 9.59 Å². The highest BCUT2D eigenvalue weighted by atomic mass is 16.7. The Morgan fingerprint density at radius 3 is 2.37 bits per heavy atom. The van der Waals surface area contributed by atoms with E-state index in [-0.39, 0.29) is 12.5 Å². The summed E-state index contributed by atoms with van der Waals surface area (Å²) in [6.07, 6.45) is 14.7. The number of benzene rings is 1. The average Bonchev–Trinajstić information content (AvgIpc) is 3.15. The van der Waals surface area contributed by atoms with Gasteiger partial charge >= 0.3 is 5.97 Å². The summed E-state index contributed by atoms with van der Waals surface area (Å²) in [6.45, 7) is 5.77. The third kappa shape index (κ3) is 8.50. The SMILES string of the molecule is CCCCCCC(=O)CCCCCC/C=C\C[C@H]1OC(=O)[C@@]2(NC(=O)c3ccccc3)COC(C)(C)O[C@@H]12. The number of cyclic esters (lactones) is 1. The lowest BCUT2D eigenvalue weighted by molar-refractivity contribution is -0.295. The maximum Gasteiger partial charge on any atom is 0.337 e. The molecule has 2 fully saturated rings. The molecule has 1 amide bonds. The molecule has 0 saturated carbocycles. The summed E-state index contributed by atoms with van der Waals surface area (Å²) in [4.78, 5) is 37.9. The van der Waals surface area contributed by atoms with Crippen molar-refractivity contribution >= 4 is 17.7 Å². The molecule has 1 N–H and O–H groups in total. The normalized spacial score (nSPS) is 24.2. The van der Waals surface area contributed by atoms with Crippen molar-refractivity contribution in [2.24, 2.45) is 0 Å². The van der Waals surface area contributed by atoms with Crippen LogP contribution in [-0.2, 0) is 23.8 Å². The summed E-state index contributed by atoms with van der Waals surface area (Å²) < 4.78 is 17.7. The molecule has 0 bridgehead atoms. The van der Waals surface area contributed by atoms with E-state index in [2.05, 4.69) is 18.3 Å². The molecule has 210 valence electrons. The van der Waals surface area contributed by atoms with Gasteiger partial charge in [0.05, 0.1) is 6.61 Å². The van der Waals surface area contributed by atoms with Crippen molar-refractivity contribution in [3.63, 3.8) is 0 Å². The minimum atomic E-state index is -1.38. The van der Waals surface area contributed by atoms with Crippen LogP contribution in [0.2, 0.25) is 0 Å². The zero-order chi connectivity index (χ0) is 27.4. The number of hydrogen-bond acceptors (Lipinski definition) is 6. The number of Topliss-reactive ketones (excluding diaryl/α,β-unsaturated/α-hetero) is 1. The first-order chi connectivity index (χ1) is 18.3. The maximum atomic E-state index is 13.0. The molecule has 0 spiro atoms. The third-order valence-electron chi connectivity index (χ3n) is 7.30. The molecule has 3 atom stereocenters. The van der Waals surface area contributed by atoms with Gasteiger partial charge in [-0.1, -0.05) is 69.4 Å². The van der Waals surface area contributed by atoms with Crippen molar-refractivity contribution in [2.45, 2.75) is 121 Å². The van der Waals surface area contributed by atoms with Crippen LogP contribution in [0.5, 0.6) is 0 Å². The van der Waals surface area contributed by atoms with Crippen LogP contribution in [-0.4, -0.2) is 47.8 Å². The van der Waals surface area contributed by atoms with Crippen molar-refractivity contribution in [1.82, 2.24) is 5.32 Å². The number of unbranched alkanes of at least 4 members (excludes halogenated alkanes) is 7. The predicted molar refractivity (Wildman–Crippen MR) is 147 cm³/mol. The molecule has 0 aliphatic carbocycles. The summed E-state index contributed by atoms with van der Waals surface area (Å²) >= 11 is 0. The number of allylic oxidation sites excluding steroid dienone is 1. The van der Waals surface area contributed by atoms with E-state index >= 15 is 0 Å². The highest BCUT2D eigenvalue weighted by molar-refractivity contribution is 5.99. The van der Waals surface area contributed by atoms with Gasteiger partial charge in [0, 0.05) is 24.8 Å². The van der Waals surface area contributed by atoms with Gasteiger partial charge in [0.1, 0.15) is 18.0 Å². The fraction of sp³-hybridized carbons (Fsp3) is 0.645. The molecule has 1 aromatic rings. The molecule has 0 aromatic heterocycles. The van der Waals surface area contributed by atoms with Gasteiger partial charge in [-0.05, 0) is 51.7 Å². The Bertz CT molecular complexity index is 943. The molecular formula is C31H45NO6. The van der Waals surface area contributed by atoms with Gasteiger partial charge in [0.15, 0.2) is 11.3 Å². The number of nitrogens with one attached hydrogen (secondary N) is 1. The number of ketones is 1. The summed E-state index contributed by atoms with van der Waals surface area (Å²) in [5.74, 6) is -1.38. The Labute approximate surface area is 227 Å². The van der Waals surface area contributed by atoms with Crippen LogP contribution >= 0.6 is 0 Å². The van der Waals surface area contributed by atoms with Crippen molar-refractivity contribution in [3.05, 3.63) is 48.0 Å². The monoisotopic (exact) mass is 527 g/mol. The second-order valence-electron chi connectivity index (χ2n) is 11.0. The topological polar surface area (TPSA) is 90.9 Å². The van der Waals surface area contributed by atoms with Gasteiger partial charge in [0.25, 0.3) is 5.91 Å². The highest BCUT2D eigenvalue weighted by Gasteiger charge is 2.63. The van der Waals surface area contributed by atoms with Crippen molar-refractivity contribution in [1.29, 1.82) is 0 Å². The summed E-state index contributed by atoms with van der Waals surface area (Å²) in [5, 5.41) is 2.87. The van der Waals surface area contributed by atoms with E-state index in [4.69, 9.17) is 14.2 Å². The second-order valence-corrected chi connectivity index (χ2v) is 11.0. The lowest BCUT2D eigenvalue weighted by atomic mass is 9.89. The first-order valence-electron chi connectivity index (χ1n) is 14.3. The second kappa shape index (κ2) is 14.6. The van der Waals surface area contributed by atoms with Gasteiger partial charge in [0.2, 0.25) is 0 Å². The van der Waals surface area contributed by atoms with Crippen LogP contribution in [0.15, 0.2) is 42.5 Å². The number of ether oxygens (including phenoxy) is 3. The predicted octanol–water partition coefficient (Wildman–Crippen LogP) is 6.06. The Morgan fingerprint density at radius 1 is 0.974 bits per heavy atom. The molecule has 0 unspecified atom stereocenters. The maximum absolute atomic E-state index is 13.0. The lowest BCUT2D eigenvalue weighted by Crippen LogP contribution is -2.68. The highest BCUT2D eigenvalue weighted by Crippen LogP contribution is 2.39. The number of hydrogen-bond donors (Lipinski definition) is 1. The minimum absolute atomic E-state index is 0.0104. The van der Waals surface area contributed by atoms with Gasteiger partial charge < -0.3 is 19.5 Å². The average molecular weight is 528 g/mol. The van der Waals surface area contributed by atoms with E-state index in [1.165, 1.54) is 12.8 Å².